The van der Waals surface area contributed by atoms with Crippen LogP contribution in [0.15, 0.2) is 12.5 Å². The van der Waals surface area contributed by atoms with Crippen molar-refractivity contribution in [1.82, 2.24) is 15.3 Å². The van der Waals surface area contributed by atoms with Crippen molar-refractivity contribution in [3.63, 3.8) is 0 Å². The number of morpholine rings is 1. The van der Waals surface area contributed by atoms with Crippen molar-refractivity contribution in [1.29, 1.82) is 0 Å². The van der Waals surface area contributed by atoms with Crippen LogP contribution in [0.2, 0.25) is 0 Å². The topological polar surface area (TPSA) is 59.1 Å². The number of nitrogens with one attached hydrogen (secondary N) is 2. The van der Waals surface area contributed by atoms with E-state index in [1.807, 2.05) is 0 Å². The predicted molar refractivity (Wildman–Crippen MR) is 65.8 cm³/mol. The molecule has 6 heteroatoms. The summed E-state index contributed by atoms with van der Waals surface area (Å²) in [6, 6.07) is 0. The molecule has 1 fully saturated rings. The van der Waals surface area contributed by atoms with Gasteiger partial charge in [-0.25, -0.2) is 9.97 Å². The maximum Gasteiger partial charge on any atom is 0.142 e. The van der Waals surface area contributed by atoms with Crippen molar-refractivity contribution >= 4 is 28.4 Å². The van der Waals surface area contributed by atoms with Gasteiger partial charge in [0.05, 0.1) is 16.3 Å². The number of hydrogen-bond donors (Lipinski definition) is 2. The van der Waals surface area contributed by atoms with E-state index >= 15 is 0 Å². The summed E-state index contributed by atoms with van der Waals surface area (Å²) >= 11 is 2.21. The number of rotatable bonds is 3. The normalized spacial score (nSPS) is 21.3. The average molecular weight is 320 g/mol. The minimum absolute atomic E-state index is 0.226. The molecule has 0 aromatic carbocycles. The molecule has 0 spiro atoms. The van der Waals surface area contributed by atoms with Crippen LogP contribution in [0.1, 0.15) is 0 Å². The van der Waals surface area contributed by atoms with Gasteiger partial charge in [-0.2, -0.15) is 0 Å². The van der Waals surface area contributed by atoms with Gasteiger partial charge in [0.25, 0.3) is 0 Å². The second-order valence-corrected chi connectivity index (χ2v) is 4.46. The first-order valence-corrected chi connectivity index (χ1v) is 5.96. The average Bonchev–Trinajstić information content (AvgIpc) is 2.29. The Morgan fingerprint density at radius 3 is 3.33 bits per heavy atom. The number of aromatic nitrogens is 2. The highest BCUT2D eigenvalue weighted by molar-refractivity contribution is 14.1. The second kappa shape index (κ2) is 5.57. The zero-order valence-corrected chi connectivity index (χ0v) is 10.4. The van der Waals surface area contributed by atoms with Gasteiger partial charge in [-0.3, -0.25) is 0 Å². The smallest absolute Gasteiger partial charge is 0.142 e. The summed E-state index contributed by atoms with van der Waals surface area (Å²) in [4.78, 5) is 8.09. The van der Waals surface area contributed by atoms with Crippen LogP contribution in [0.25, 0.3) is 0 Å². The lowest BCUT2D eigenvalue weighted by Gasteiger charge is -2.24. The van der Waals surface area contributed by atoms with Crippen LogP contribution < -0.4 is 10.6 Å². The summed E-state index contributed by atoms with van der Waals surface area (Å²) < 4.78 is 6.60. The van der Waals surface area contributed by atoms with Crippen LogP contribution in [-0.4, -0.2) is 42.3 Å². The number of ether oxygens (including phenoxy) is 1. The van der Waals surface area contributed by atoms with Gasteiger partial charge in [0.2, 0.25) is 0 Å². The van der Waals surface area contributed by atoms with E-state index in [1.165, 1.54) is 0 Å². The molecule has 2 heterocycles. The van der Waals surface area contributed by atoms with Crippen LogP contribution in [0.5, 0.6) is 0 Å². The molecule has 5 nitrogen and oxygen atoms in total. The van der Waals surface area contributed by atoms with E-state index in [4.69, 9.17) is 4.74 Å². The van der Waals surface area contributed by atoms with Crippen molar-refractivity contribution in [2.45, 2.75) is 6.10 Å². The Balaban J connectivity index is 1.84. The monoisotopic (exact) mass is 320 g/mol. The molecular formula is C9H13IN4O. The molecule has 1 atom stereocenters. The van der Waals surface area contributed by atoms with E-state index in [0.29, 0.717) is 0 Å². The zero-order valence-electron chi connectivity index (χ0n) is 8.24. The SMILES string of the molecule is Ic1cncnc1NCC1CNCCO1. The first-order valence-electron chi connectivity index (χ1n) is 4.88. The van der Waals surface area contributed by atoms with Gasteiger partial charge in [0.1, 0.15) is 12.1 Å². The fourth-order valence-corrected chi connectivity index (χ4v) is 1.89. The quantitative estimate of drug-likeness (QED) is 0.794. The van der Waals surface area contributed by atoms with Gasteiger partial charge in [-0.05, 0) is 22.6 Å². The Labute approximate surface area is 102 Å². The lowest BCUT2D eigenvalue weighted by Crippen LogP contribution is -2.42. The van der Waals surface area contributed by atoms with E-state index < -0.39 is 0 Å². The highest BCUT2D eigenvalue weighted by Crippen LogP contribution is 2.12. The third-order valence-electron chi connectivity index (χ3n) is 2.17. The molecule has 1 aliphatic rings. The first-order chi connectivity index (χ1) is 7.36. The van der Waals surface area contributed by atoms with E-state index in [9.17, 15) is 0 Å². The van der Waals surface area contributed by atoms with Crippen LogP contribution in [0.3, 0.4) is 0 Å². The Morgan fingerprint density at radius 2 is 2.60 bits per heavy atom. The second-order valence-electron chi connectivity index (χ2n) is 3.30. The Kier molecular flexibility index (Phi) is 4.09. The summed E-state index contributed by atoms with van der Waals surface area (Å²) in [6.45, 7) is 3.41. The van der Waals surface area contributed by atoms with Crippen LogP contribution in [0.4, 0.5) is 5.82 Å². The van der Waals surface area contributed by atoms with E-state index in [-0.39, 0.29) is 6.10 Å². The fourth-order valence-electron chi connectivity index (χ4n) is 1.40. The maximum absolute atomic E-state index is 5.57. The van der Waals surface area contributed by atoms with Gasteiger partial charge in [-0.1, -0.05) is 0 Å². The lowest BCUT2D eigenvalue weighted by atomic mass is 10.3. The molecule has 0 saturated carbocycles. The minimum atomic E-state index is 0.226. The predicted octanol–water partition coefficient (Wildman–Crippen LogP) is 0.481. The van der Waals surface area contributed by atoms with Gasteiger partial charge in [-0.15, -0.1) is 0 Å². The van der Waals surface area contributed by atoms with Gasteiger partial charge in [0.15, 0.2) is 0 Å². The van der Waals surface area contributed by atoms with Crippen molar-refractivity contribution in [2.24, 2.45) is 0 Å². The molecule has 15 heavy (non-hydrogen) atoms. The number of nitrogens with zero attached hydrogens (tertiary/aromatic N) is 2. The Bertz CT molecular complexity index is 317. The lowest BCUT2D eigenvalue weighted by molar-refractivity contribution is 0.0372. The molecular weight excluding hydrogens is 307 g/mol. The summed E-state index contributed by atoms with van der Waals surface area (Å²) in [5, 5.41) is 6.55. The van der Waals surface area contributed by atoms with E-state index in [1.54, 1.807) is 12.5 Å². The third kappa shape index (κ3) is 3.25. The number of anilines is 1. The van der Waals surface area contributed by atoms with Crippen molar-refractivity contribution < 1.29 is 4.74 Å². The molecule has 1 aromatic heterocycles. The molecule has 2 N–H and O–H groups in total. The van der Waals surface area contributed by atoms with Gasteiger partial charge >= 0.3 is 0 Å². The Morgan fingerprint density at radius 1 is 1.67 bits per heavy atom. The van der Waals surface area contributed by atoms with Gasteiger partial charge in [0, 0.05) is 25.8 Å². The van der Waals surface area contributed by atoms with Crippen molar-refractivity contribution in [2.75, 3.05) is 31.6 Å². The van der Waals surface area contributed by atoms with Crippen molar-refractivity contribution in [3.8, 4) is 0 Å². The fraction of sp³-hybridized carbons (Fsp3) is 0.556. The van der Waals surface area contributed by atoms with E-state index in [0.717, 1.165) is 35.6 Å². The zero-order chi connectivity index (χ0) is 10.5. The van der Waals surface area contributed by atoms with E-state index in [2.05, 4.69) is 43.2 Å². The summed E-state index contributed by atoms with van der Waals surface area (Å²) in [7, 11) is 0. The van der Waals surface area contributed by atoms with Crippen LogP contribution in [-0.2, 0) is 4.74 Å². The highest BCUT2D eigenvalue weighted by atomic mass is 127. The largest absolute Gasteiger partial charge is 0.374 e. The maximum atomic E-state index is 5.57. The molecule has 82 valence electrons. The molecule has 1 unspecified atom stereocenters. The van der Waals surface area contributed by atoms with Gasteiger partial charge < -0.3 is 15.4 Å². The van der Waals surface area contributed by atoms with Crippen LogP contribution in [0, 0.1) is 3.57 Å². The summed E-state index contributed by atoms with van der Waals surface area (Å²) in [5.41, 5.74) is 0. The molecule has 2 rings (SSSR count). The van der Waals surface area contributed by atoms with Crippen LogP contribution >= 0.6 is 22.6 Å². The number of hydrogen-bond acceptors (Lipinski definition) is 5. The Hall–Kier alpha value is -0.470. The molecule has 0 bridgehead atoms. The molecule has 0 aliphatic carbocycles. The molecule has 0 radical (unpaired) electrons. The third-order valence-corrected chi connectivity index (χ3v) is 2.96. The summed E-state index contributed by atoms with van der Waals surface area (Å²) in [5.74, 6) is 0.875. The molecule has 1 saturated heterocycles. The van der Waals surface area contributed by atoms with Crippen molar-refractivity contribution in [3.05, 3.63) is 16.1 Å². The molecule has 1 aromatic rings. The minimum Gasteiger partial charge on any atom is -0.374 e. The highest BCUT2D eigenvalue weighted by Gasteiger charge is 2.13. The molecule has 0 amide bonds. The standard InChI is InChI=1S/C9H13IN4O/c10-8-5-12-6-14-9(8)13-4-7-3-11-1-2-15-7/h5-7,11H,1-4H2,(H,12,13,14). The molecule has 1 aliphatic heterocycles. The summed E-state index contributed by atoms with van der Waals surface area (Å²) in [6.07, 6.45) is 3.56. The number of halogens is 1. The first kappa shape index (κ1) is 11.0.